The predicted molar refractivity (Wildman–Crippen MR) is 150 cm³/mol. The molecule has 0 amide bonds. The average Bonchev–Trinajstić information content (AvgIpc) is 3.26. The number of ether oxygens (including phenoxy) is 1. The highest BCUT2D eigenvalue weighted by Gasteiger charge is 2.34. The minimum absolute atomic E-state index is 0.135. The number of para-hydroxylation sites is 2. The Morgan fingerprint density at radius 3 is 2.11 bits per heavy atom. The Morgan fingerprint density at radius 1 is 0.649 bits per heavy atom. The van der Waals surface area contributed by atoms with Crippen LogP contribution in [0.4, 0.5) is 0 Å². The molecule has 0 unspecified atom stereocenters. The minimum atomic E-state index is -0.135. The smallest absolute Gasteiger partial charge is 0.132 e. The van der Waals surface area contributed by atoms with Crippen LogP contribution in [0.5, 0.6) is 11.5 Å². The van der Waals surface area contributed by atoms with Crippen LogP contribution in [0.1, 0.15) is 30.5 Å². The van der Waals surface area contributed by atoms with Gasteiger partial charge in [0.25, 0.3) is 0 Å². The SMILES string of the molecule is CC1(C)c2ccccc2Oc2cc(-c3ccc4c(c3)c3cc(C#N)ccc3n4-c3ccccc3)ccc21. The van der Waals surface area contributed by atoms with Gasteiger partial charge in [0.05, 0.1) is 22.7 Å². The van der Waals surface area contributed by atoms with Crippen molar-refractivity contribution in [3.63, 3.8) is 0 Å². The van der Waals surface area contributed by atoms with E-state index in [9.17, 15) is 5.26 Å². The zero-order valence-corrected chi connectivity index (χ0v) is 20.7. The van der Waals surface area contributed by atoms with Crippen LogP contribution in [-0.2, 0) is 5.41 Å². The second-order valence-electron chi connectivity index (χ2n) is 10.2. The first-order valence-electron chi connectivity index (χ1n) is 12.5. The van der Waals surface area contributed by atoms with Crippen LogP contribution in [0, 0.1) is 11.3 Å². The van der Waals surface area contributed by atoms with Crippen LogP contribution in [-0.4, -0.2) is 4.57 Å². The Hall–Kier alpha value is -4.81. The molecule has 0 atom stereocenters. The van der Waals surface area contributed by atoms with Crippen molar-refractivity contribution in [2.24, 2.45) is 0 Å². The molecule has 3 heteroatoms. The van der Waals surface area contributed by atoms with Gasteiger partial charge in [-0.25, -0.2) is 0 Å². The summed E-state index contributed by atoms with van der Waals surface area (Å²) in [6.45, 7) is 4.51. The molecule has 5 aromatic carbocycles. The van der Waals surface area contributed by atoms with Gasteiger partial charge in [-0.05, 0) is 65.7 Å². The van der Waals surface area contributed by atoms with Crippen molar-refractivity contribution in [1.29, 1.82) is 5.26 Å². The maximum atomic E-state index is 9.58. The molecule has 1 aliphatic heterocycles. The summed E-state index contributed by atoms with van der Waals surface area (Å²) < 4.78 is 8.65. The van der Waals surface area contributed by atoms with Gasteiger partial charge in [-0.3, -0.25) is 0 Å². The van der Waals surface area contributed by atoms with E-state index in [2.05, 4.69) is 97.3 Å². The zero-order chi connectivity index (χ0) is 25.1. The Bertz CT molecular complexity index is 1890. The topological polar surface area (TPSA) is 37.9 Å². The lowest BCUT2D eigenvalue weighted by atomic mass is 9.75. The molecule has 6 aromatic rings. The van der Waals surface area contributed by atoms with E-state index in [1.807, 2.05) is 36.4 Å². The van der Waals surface area contributed by atoms with E-state index in [0.717, 1.165) is 50.1 Å². The lowest BCUT2D eigenvalue weighted by Gasteiger charge is -2.34. The van der Waals surface area contributed by atoms with Gasteiger partial charge >= 0.3 is 0 Å². The highest BCUT2D eigenvalue weighted by atomic mass is 16.5. The van der Waals surface area contributed by atoms with Crippen molar-refractivity contribution in [3.05, 3.63) is 126 Å². The highest BCUT2D eigenvalue weighted by Crippen LogP contribution is 2.48. The van der Waals surface area contributed by atoms with Crippen molar-refractivity contribution in [2.75, 3.05) is 0 Å². The second kappa shape index (κ2) is 7.85. The van der Waals surface area contributed by atoms with Crippen molar-refractivity contribution in [1.82, 2.24) is 4.57 Å². The normalized spacial score (nSPS) is 13.5. The van der Waals surface area contributed by atoms with Crippen LogP contribution in [0.25, 0.3) is 38.6 Å². The van der Waals surface area contributed by atoms with Gasteiger partial charge in [0.1, 0.15) is 11.5 Å². The van der Waals surface area contributed by atoms with Crippen LogP contribution in [0.15, 0.2) is 109 Å². The molecule has 176 valence electrons. The van der Waals surface area contributed by atoms with Crippen LogP contribution in [0.2, 0.25) is 0 Å². The Balaban J connectivity index is 1.42. The molecular formula is C34H24N2O. The number of hydrogen-bond donors (Lipinski definition) is 0. The first-order chi connectivity index (χ1) is 18.0. The van der Waals surface area contributed by atoms with Crippen molar-refractivity contribution in [3.8, 4) is 34.4 Å². The Kier molecular flexibility index (Phi) is 4.55. The largest absolute Gasteiger partial charge is 0.457 e. The zero-order valence-electron chi connectivity index (χ0n) is 20.7. The Morgan fingerprint density at radius 2 is 1.30 bits per heavy atom. The fourth-order valence-corrected chi connectivity index (χ4v) is 5.77. The molecule has 2 heterocycles. The van der Waals surface area contributed by atoms with Crippen molar-refractivity contribution >= 4 is 21.8 Å². The third kappa shape index (κ3) is 3.20. The van der Waals surface area contributed by atoms with Crippen LogP contribution >= 0.6 is 0 Å². The molecule has 0 saturated heterocycles. The summed E-state index contributed by atoms with van der Waals surface area (Å²) in [5.74, 6) is 1.82. The van der Waals surface area contributed by atoms with Gasteiger partial charge in [0, 0.05) is 33.0 Å². The molecule has 0 fully saturated rings. The van der Waals surface area contributed by atoms with E-state index in [4.69, 9.17) is 4.74 Å². The Labute approximate surface area is 215 Å². The van der Waals surface area contributed by atoms with E-state index in [0.29, 0.717) is 5.56 Å². The summed E-state index contributed by atoms with van der Waals surface area (Å²) in [4.78, 5) is 0. The molecule has 37 heavy (non-hydrogen) atoms. The summed E-state index contributed by atoms with van der Waals surface area (Å²) in [6.07, 6.45) is 0. The van der Waals surface area contributed by atoms with E-state index < -0.39 is 0 Å². The maximum Gasteiger partial charge on any atom is 0.132 e. The number of fused-ring (bicyclic) bond motifs is 5. The number of rotatable bonds is 2. The fourth-order valence-electron chi connectivity index (χ4n) is 5.77. The maximum absolute atomic E-state index is 9.58. The third-order valence-corrected chi connectivity index (χ3v) is 7.68. The van der Waals surface area contributed by atoms with Crippen molar-refractivity contribution in [2.45, 2.75) is 19.3 Å². The van der Waals surface area contributed by atoms with Gasteiger partial charge < -0.3 is 9.30 Å². The molecule has 0 aliphatic carbocycles. The molecule has 3 nitrogen and oxygen atoms in total. The molecule has 1 aromatic heterocycles. The van der Waals surface area contributed by atoms with Gasteiger partial charge in [-0.15, -0.1) is 0 Å². The summed E-state index contributed by atoms with van der Waals surface area (Å²) >= 11 is 0. The molecule has 0 saturated carbocycles. The molecule has 0 N–H and O–H groups in total. The number of hydrogen-bond acceptors (Lipinski definition) is 2. The lowest BCUT2D eigenvalue weighted by molar-refractivity contribution is 0.418. The second-order valence-corrected chi connectivity index (χ2v) is 10.2. The quantitative estimate of drug-likeness (QED) is 0.250. The summed E-state index contributed by atoms with van der Waals surface area (Å²) in [5.41, 5.74) is 8.45. The van der Waals surface area contributed by atoms with Crippen molar-refractivity contribution < 1.29 is 4.74 Å². The first-order valence-corrected chi connectivity index (χ1v) is 12.5. The van der Waals surface area contributed by atoms with Crippen LogP contribution < -0.4 is 4.74 Å². The monoisotopic (exact) mass is 476 g/mol. The number of nitriles is 1. The average molecular weight is 477 g/mol. The summed E-state index contributed by atoms with van der Waals surface area (Å²) in [7, 11) is 0. The molecule has 0 spiro atoms. The van der Waals surface area contributed by atoms with Gasteiger partial charge in [0.15, 0.2) is 0 Å². The molecule has 7 rings (SSSR count). The third-order valence-electron chi connectivity index (χ3n) is 7.68. The van der Waals surface area contributed by atoms with E-state index in [-0.39, 0.29) is 5.41 Å². The first kappa shape index (κ1) is 21.5. The van der Waals surface area contributed by atoms with E-state index in [1.54, 1.807) is 0 Å². The van der Waals surface area contributed by atoms with Gasteiger partial charge in [-0.2, -0.15) is 5.26 Å². The van der Waals surface area contributed by atoms with Crippen LogP contribution in [0.3, 0.4) is 0 Å². The summed E-state index contributed by atoms with van der Waals surface area (Å²) in [5, 5.41) is 11.8. The fraction of sp³-hybridized carbons (Fsp3) is 0.0882. The number of benzene rings is 5. The van der Waals surface area contributed by atoms with Gasteiger partial charge in [0.2, 0.25) is 0 Å². The molecule has 0 bridgehead atoms. The standard InChI is InChI=1S/C34H24N2O/c1-34(2)28-10-6-7-11-32(28)37-33-20-24(13-15-29(33)34)23-14-17-31-27(19-23)26-18-22(21-35)12-16-30(26)36(31)25-8-4-3-5-9-25/h3-20H,1-2H3. The predicted octanol–water partition coefficient (Wildman–Crippen LogP) is 8.75. The number of aromatic nitrogens is 1. The molecule has 0 radical (unpaired) electrons. The van der Waals surface area contributed by atoms with Gasteiger partial charge in [-0.1, -0.05) is 68.4 Å². The summed E-state index contributed by atoms with van der Waals surface area (Å²) in [6, 6.07) is 40.0. The van der Waals surface area contributed by atoms with E-state index in [1.165, 1.54) is 11.1 Å². The minimum Gasteiger partial charge on any atom is -0.457 e. The number of nitrogens with zero attached hydrogens (tertiary/aromatic N) is 2. The lowest BCUT2D eigenvalue weighted by Crippen LogP contribution is -2.24. The molecular weight excluding hydrogens is 452 g/mol. The van der Waals surface area contributed by atoms with E-state index >= 15 is 0 Å². The molecule has 1 aliphatic rings. The highest BCUT2D eigenvalue weighted by molar-refractivity contribution is 6.10.